The van der Waals surface area contributed by atoms with Crippen molar-refractivity contribution in [2.24, 2.45) is 0 Å². The maximum atomic E-state index is 13.2. The Bertz CT molecular complexity index is 789. The number of carbonyl (C=O) groups excluding carboxylic acids is 2. The summed E-state index contributed by atoms with van der Waals surface area (Å²) in [6.45, 7) is 10.9. The molecule has 1 aromatic carbocycles. The van der Waals surface area contributed by atoms with E-state index in [4.69, 9.17) is 28.4 Å². The van der Waals surface area contributed by atoms with Crippen molar-refractivity contribution < 1.29 is 38.0 Å². The molecule has 0 bridgehead atoms. The zero-order valence-corrected chi connectivity index (χ0v) is 31.1. The summed E-state index contributed by atoms with van der Waals surface area (Å²) in [6.07, 6.45) is 21.2. The van der Waals surface area contributed by atoms with Crippen LogP contribution < -0.4 is 0 Å². The number of benzene rings is 1. The molecule has 1 rings (SSSR count). The molecule has 8 heteroatoms. The van der Waals surface area contributed by atoms with E-state index in [1.807, 2.05) is 0 Å². The van der Waals surface area contributed by atoms with Crippen LogP contribution in [-0.2, 0) is 28.4 Å². The molecule has 0 spiro atoms. The molecule has 0 radical (unpaired) electrons. The largest absolute Gasteiger partial charge is 0.457 e. The van der Waals surface area contributed by atoms with E-state index in [-0.39, 0.29) is 24.3 Å². The van der Waals surface area contributed by atoms with E-state index in [9.17, 15) is 9.59 Å². The first-order valence-electron chi connectivity index (χ1n) is 19.5. The summed E-state index contributed by atoms with van der Waals surface area (Å²) < 4.78 is 35.2. The monoisotopic (exact) mass is 679 g/mol. The highest BCUT2D eigenvalue weighted by Crippen LogP contribution is 2.15. The Balaban J connectivity index is 2.72. The van der Waals surface area contributed by atoms with Crippen molar-refractivity contribution >= 4 is 11.9 Å². The topological polar surface area (TPSA) is 89.5 Å². The summed E-state index contributed by atoms with van der Waals surface area (Å²) in [5.41, 5.74) is 0.288. The third-order valence-corrected chi connectivity index (χ3v) is 8.27. The highest BCUT2D eigenvalue weighted by Gasteiger charge is 2.22. The van der Waals surface area contributed by atoms with Crippen LogP contribution in [-0.4, -0.2) is 64.2 Å². The zero-order chi connectivity index (χ0) is 34.9. The van der Waals surface area contributed by atoms with Gasteiger partial charge in [-0.3, -0.25) is 0 Å². The van der Waals surface area contributed by atoms with Crippen molar-refractivity contribution in [2.45, 2.75) is 169 Å². The number of esters is 2. The summed E-state index contributed by atoms with van der Waals surface area (Å²) in [5.74, 6) is -1.23. The molecule has 0 unspecified atom stereocenters. The highest BCUT2D eigenvalue weighted by molar-refractivity contribution is 6.03. The van der Waals surface area contributed by atoms with Crippen LogP contribution in [0.1, 0.15) is 177 Å². The second kappa shape index (κ2) is 32.2. The Morgan fingerprint density at radius 1 is 0.438 bits per heavy atom. The first-order valence-corrected chi connectivity index (χ1v) is 19.5. The number of unbranched alkanes of at least 4 members (excludes halogenated alkanes) is 16. The SMILES string of the molecule is CCCCCCCOC(COC(=O)c1ccccc1C(=O)OCC(OCCCCCCC)OCCCCCCC)OCCCCCCC. The van der Waals surface area contributed by atoms with Crippen LogP contribution in [0.3, 0.4) is 0 Å². The lowest BCUT2D eigenvalue weighted by Gasteiger charge is -2.20. The van der Waals surface area contributed by atoms with Gasteiger partial charge in [0.05, 0.1) is 11.1 Å². The van der Waals surface area contributed by atoms with Crippen molar-refractivity contribution in [2.75, 3.05) is 39.6 Å². The van der Waals surface area contributed by atoms with Crippen molar-refractivity contribution in [1.82, 2.24) is 0 Å². The number of ether oxygens (including phenoxy) is 6. The van der Waals surface area contributed by atoms with Crippen LogP contribution in [0.25, 0.3) is 0 Å². The maximum absolute atomic E-state index is 13.2. The average Bonchev–Trinajstić information content (AvgIpc) is 3.10. The third kappa shape index (κ3) is 23.4. The van der Waals surface area contributed by atoms with E-state index in [1.165, 1.54) is 77.0 Å². The molecule has 0 fully saturated rings. The van der Waals surface area contributed by atoms with Gasteiger partial charge in [-0.1, -0.05) is 143 Å². The fourth-order valence-corrected chi connectivity index (χ4v) is 5.25. The van der Waals surface area contributed by atoms with Gasteiger partial charge in [-0.15, -0.1) is 0 Å². The first kappa shape index (κ1) is 44.0. The third-order valence-electron chi connectivity index (χ3n) is 8.27. The van der Waals surface area contributed by atoms with Gasteiger partial charge in [0, 0.05) is 26.4 Å². The van der Waals surface area contributed by atoms with Crippen LogP contribution >= 0.6 is 0 Å². The number of hydrogen-bond acceptors (Lipinski definition) is 8. The van der Waals surface area contributed by atoms with Crippen LogP contribution in [0.4, 0.5) is 0 Å². The number of rotatable bonds is 34. The Hall–Kier alpha value is -2.00. The standard InChI is InChI=1S/C40H70O8/c1-5-9-13-17-23-29-43-37(44-30-24-18-14-10-6-2)33-47-39(41)35-27-21-22-28-36(35)40(42)48-34-38(45-31-25-19-15-11-7-3)46-32-26-20-16-12-8-4/h21-22,27-28,37-38H,5-20,23-26,29-34H2,1-4H3. The smallest absolute Gasteiger partial charge is 0.339 e. The van der Waals surface area contributed by atoms with Crippen molar-refractivity contribution in [1.29, 1.82) is 0 Å². The number of hydrogen-bond donors (Lipinski definition) is 0. The minimum atomic E-state index is -0.649. The zero-order valence-electron chi connectivity index (χ0n) is 31.1. The van der Waals surface area contributed by atoms with Crippen LogP contribution in [0.15, 0.2) is 24.3 Å². The molecule has 1 aromatic rings. The molecule has 48 heavy (non-hydrogen) atoms. The van der Waals surface area contributed by atoms with E-state index < -0.39 is 24.5 Å². The van der Waals surface area contributed by atoms with Gasteiger partial charge in [-0.25, -0.2) is 9.59 Å². The van der Waals surface area contributed by atoms with Gasteiger partial charge in [0.1, 0.15) is 13.2 Å². The lowest BCUT2D eigenvalue weighted by Crippen LogP contribution is -2.28. The van der Waals surface area contributed by atoms with Gasteiger partial charge in [0.15, 0.2) is 12.6 Å². The normalized spacial score (nSPS) is 11.5. The van der Waals surface area contributed by atoms with Gasteiger partial charge >= 0.3 is 11.9 Å². The summed E-state index contributed by atoms with van der Waals surface area (Å²) in [4.78, 5) is 26.4. The summed E-state index contributed by atoms with van der Waals surface area (Å²) in [7, 11) is 0. The maximum Gasteiger partial charge on any atom is 0.339 e. The Morgan fingerprint density at radius 3 is 0.979 bits per heavy atom. The van der Waals surface area contributed by atoms with E-state index in [2.05, 4.69) is 27.7 Å². The van der Waals surface area contributed by atoms with Crippen LogP contribution in [0.2, 0.25) is 0 Å². The lowest BCUT2D eigenvalue weighted by atomic mass is 10.1. The molecule has 0 aliphatic rings. The van der Waals surface area contributed by atoms with Crippen LogP contribution in [0.5, 0.6) is 0 Å². The summed E-state index contributed by atoms with van der Waals surface area (Å²) in [5, 5.41) is 0. The van der Waals surface area contributed by atoms with E-state index in [1.54, 1.807) is 24.3 Å². The molecule has 0 saturated heterocycles. The van der Waals surface area contributed by atoms with Gasteiger partial charge < -0.3 is 28.4 Å². The van der Waals surface area contributed by atoms with Gasteiger partial charge in [-0.2, -0.15) is 0 Å². The minimum absolute atomic E-state index is 0.0492. The quantitative estimate of drug-likeness (QED) is 0.0404. The van der Waals surface area contributed by atoms with Crippen LogP contribution in [0, 0.1) is 0 Å². The fourth-order valence-electron chi connectivity index (χ4n) is 5.25. The van der Waals surface area contributed by atoms with Crippen molar-refractivity contribution in [3.63, 3.8) is 0 Å². The predicted molar refractivity (Wildman–Crippen MR) is 193 cm³/mol. The molecule has 0 N–H and O–H groups in total. The minimum Gasteiger partial charge on any atom is -0.457 e. The van der Waals surface area contributed by atoms with Crippen molar-refractivity contribution in [3.05, 3.63) is 35.4 Å². The van der Waals surface area contributed by atoms with Crippen molar-refractivity contribution in [3.8, 4) is 0 Å². The average molecular weight is 679 g/mol. The molecule has 0 amide bonds. The number of carbonyl (C=O) groups is 2. The molecular formula is C40H70O8. The second-order valence-corrected chi connectivity index (χ2v) is 12.7. The Labute approximate surface area is 293 Å². The fraction of sp³-hybridized carbons (Fsp3) is 0.800. The highest BCUT2D eigenvalue weighted by atomic mass is 16.7. The molecular weight excluding hydrogens is 608 g/mol. The predicted octanol–water partition coefficient (Wildman–Crippen LogP) is 10.6. The molecule has 0 heterocycles. The van der Waals surface area contributed by atoms with Gasteiger partial charge in [0.25, 0.3) is 0 Å². The first-order chi connectivity index (χ1) is 23.6. The molecule has 278 valence electrons. The Kier molecular flexibility index (Phi) is 29.5. The summed E-state index contributed by atoms with van der Waals surface area (Å²) >= 11 is 0. The molecule has 0 aliphatic heterocycles. The molecule has 0 aromatic heterocycles. The second-order valence-electron chi connectivity index (χ2n) is 12.7. The lowest BCUT2D eigenvalue weighted by molar-refractivity contribution is -0.165. The molecule has 0 saturated carbocycles. The van der Waals surface area contributed by atoms with Gasteiger partial charge in [-0.05, 0) is 37.8 Å². The Morgan fingerprint density at radius 2 is 0.708 bits per heavy atom. The molecule has 8 nitrogen and oxygen atoms in total. The molecule has 0 aliphatic carbocycles. The molecule has 0 atom stereocenters. The van der Waals surface area contributed by atoms with E-state index >= 15 is 0 Å². The summed E-state index contributed by atoms with van der Waals surface area (Å²) in [6, 6.07) is 6.57. The van der Waals surface area contributed by atoms with Gasteiger partial charge in [0.2, 0.25) is 0 Å². The van der Waals surface area contributed by atoms with E-state index in [0.717, 1.165) is 51.4 Å². The van der Waals surface area contributed by atoms with E-state index in [0.29, 0.717) is 26.4 Å².